The molecule has 0 aromatic heterocycles. The molecule has 24 heavy (non-hydrogen) atoms. The summed E-state index contributed by atoms with van der Waals surface area (Å²) in [6, 6.07) is 4.25. The number of aliphatic hydroxyl groups excluding tert-OH is 1. The normalized spacial score (nSPS) is 19.1. The molecule has 1 N–H and O–H groups in total. The highest BCUT2D eigenvalue weighted by molar-refractivity contribution is 5.73. The lowest BCUT2D eigenvalue weighted by molar-refractivity contribution is 0.116. The van der Waals surface area contributed by atoms with Crippen LogP contribution in [-0.4, -0.2) is 42.4 Å². The van der Waals surface area contributed by atoms with Gasteiger partial charge in [-0.2, -0.15) is 0 Å². The minimum Gasteiger partial charge on any atom is -0.372 e. The van der Waals surface area contributed by atoms with E-state index in [4.69, 9.17) is 4.99 Å². The number of benzene rings is 1. The molecule has 126 valence electrons. The Balaban J connectivity index is 1.72. The lowest BCUT2D eigenvalue weighted by atomic mass is 9.99. The van der Waals surface area contributed by atoms with Crippen LogP contribution >= 0.6 is 0 Å². The Morgan fingerprint density at radius 2 is 2.12 bits per heavy atom. The van der Waals surface area contributed by atoms with Crippen molar-refractivity contribution in [3.05, 3.63) is 52.2 Å². The molecule has 4 heteroatoms. The summed E-state index contributed by atoms with van der Waals surface area (Å²) in [4.78, 5) is 9.21. The number of fused-ring (bicyclic) bond motifs is 4. The van der Waals surface area contributed by atoms with Gasteiger partial charge in [-0.05, 0) is 55.3 Å². The molecule has 0 amide bonds. The molecular formula is C20H25N3O. The molecule has 2 heterocycles. The Morgan fingerprint density at radius 1 is 1.29 bits per heavy atom. The summed E-state index contributed by atoms with van der Waals surface area (Å²) in [6.45, 7) is 7.80. The first kappa shape index (κ1) is 15.6. The second-order valence-electron chi connectivity index (χ2n) is 6.64. The predicted molar refractivity (Wildman–Crippen MR) is 97.3 cm³/mol. The Hall–Kier alpha value is -1.91. The second-order valence-corrected chi connectivity index (χ2v) is 6.64. The van der Waals surface area contributed by atoms with E-state index in [0.29, 0.717) is 6.54 Å². The summed E-state index contributed by atoms with van der Waals surface area (Å²) >= 11 is 0. The van der Waals surface area contributed by atoms with Crippen molar-refractivity contribution in [1.82, 2.24) is 4.90 Å². The summed E-state index contributed by atoms with van der Waals surface area (Å²) in [5.41, 5.74) is 5.02. The number of aliphatic hydroxyl groups is 1. The van der Waals surface area contributed by atoms with Crippen molar-refractivity contribution < 1.29 is 5.11 Å². The third-order valence-electron chi connectivity index (χ3n) is 5.42. The molecule has 1 atom stereocenters. The van der Waals surface area contributed by atoms with E-state index in [0.717, 1.165) is 43.5 Å². The van der Waals surface area contributed by atoms with E-state index in [1.807, 2.05) is 0 Å². The average Bonchev–Trinajstić information content (AvgIpc) is 3.19. The maximum atomic E-state index is 10.7. The average molecular weight is 323 g/mol. The van der Waals surface area contributed by atoms with Gasteiger partial charge in [0, 0.05) is 24.0 Å². The van der Waals surface area contributed by atoms with Crippen molar-refractivity contribution in [3.63, 3.8) is 0 Å². The highest BCUT2D eigenvalue weighted by atomic mass is 16.3. The lowest BCUT2D eigenvalue weighted by Crippen LogP contribution is -2.43. The summed E-state index contributed by atoms with van der Waals surface area (Å²) < 4.78 is 0. The first-order valence-electron chi connectivity index (χ1n) is 9.01. The monoisotopic (exact) mass is 323 g/mol. The molecule has 0 radical (unpaired) electrons. The van der Waals surface area contributed by atoms with Crippen LogP contribution in [0.15, 0.2) is 41.1 Å². The maximum Gasteiger partial charge on any atom is 0.139 e. The SMILES string of the molecule is CCN(CC)CC(O)N1CCc2c1ccc1c2=C2CC=CC=C2N=1. The van der Waals surface area contributed by atoms with Crippen molar-refractivity contribution in [2.24, 2.45) is 4.99 Å². The largest absolute Gasteiger partial charge is 0.372 e. The highest BCUT2D eigenvalue weighted by Crippen LogP contribution is 2.29. The van der Waals surface area contributed by atoms with Gasteiger partial charge in [-0.15, -0.1) is 0 Å². The van der Waals surface area contributed by atoms with Crippen LogP contribution in [0.25, 0.3) is 5.57 Å². The third kappa shape index (κ3) is 2.41. The van der Waals surface area contributed by atoms with Crippen LogP contribution in [0.3, 0.4) is 0 Å². The van der Waals surface area contributed by atoms with Gasteiger partial charge in [0.25, 0.3) is 0 Å². The van der Waals surface area contributed by atoms with Gasteiger partial charge in [-0.1, -0.05) is 26.0 Å². The molecule has 1 aromatic rings. The summed E-state index contributed by atoms with van der Waals surface area (Å²) in [5, 5.41) is 13.2. The Labute approximate surface area is 143 Å². The zero-order valence-corrected chi connectivity index (χ0v) is 14.5. The van der Waals surface area contributed by atoms with Gasteiger partial charge < -0.3 is 10.0 Å². The van der Waals surface area contributed by atoms with Crippen LogP contribution in [0.2, 0.25) is 0 Å². The lowest BCUT2D eigenvalue weighted by Gasteiger charge is -2.30. The number of allylic oxidation sites excluding steroid dienone is 4. The van der Waals surface area contributed by atoms with Gasteiger partial charge in [-0.3, -0.25) is 4.90 Å². The number of nitrogens with zero attached hydrogens (tertiary/aromatic N) is 3. The van der Waals surface area contributed by atoms with E-state index in [2.05, 4.69) is 54.0 Å². The molecule has 3 aliphatic rings. The molecule has 0 bridgehead atoms. The smallest absolute Gasteiger partial charge is 0.139 e. The van der Waals surface area contributed by atoms with E-state index < -0.39 is 6.23 Å². The molecule has 0 saturated heterocycles. The van der Waals surface area contributed by atoms with Gasteiger partial charge in [0.2, 0.25) is 0 Å². The van der Waals surface area contributed by atoms with Crippen LogP contribution in [-0.2, 0) is 6.42 Å². The molecule has 4 rings (SSSR count). The Kier molecular flexibility index (Phi) is 4.02. The number of hydrogen-bond donors (Lipinski definition) is 1. The summed E-state index contributed by atoms with van der Waals surface area (Å²) in [6.07, 6.45) is 7.89. The van der Waals surface area contributed by atoms with Gasteiger partial charge in [0.1, 0.15) is 6.23 Å². The minimum absolute atomic E-state index is 0.450. The van der Waals surface area contributed by atoms with Crippen LogP contribution in [0.5, 0.6) is 0 Å². The first-order chi connectivity index (χ1) is 11.7. The van der Waals surface area contributed by atoms with Crippen molar-refractivity contribution in [2.45, 2.75) is 32.9 Å². The molecule has 1 aliphatic carbocycles. The fourth-order valence-corrected chi connectivity index (χ4v) is 4.06. The first-order valence-corrected chi connectivity index (χ1v) is 9.01. The minimum atomic E-state index is -0.450. The van der Waals surface area contributed by atoms with Crippen LogP contribution in [0.4, 0.5) is 5.69 Å². The van der Waals surface area contributed by atoms with Crippen molar-refractivity contribution in [2.75, 3.05) is 31.1 Å². The number of rotatable bonds is 5. The highest BCUT2D eigenvalue weighted by Gasteiger charge is 2.28. The topological polar surface area (TPSA) is 39.1 Å². The zero-order chi connectivity index (χ0) is 16.7. The van der Waals surface area contributed by atoms with E-state index in [9.17, 15) is 5.11 Å². The predicted octanol–water partition coefficient (Wildman–Crippen LogP) is 1.34. The maximum absolute atomic E-state index is 10.7. The quantitative estimate of drug-likeness (QED) is 0.889. The number of anilines is 1. The molecular weight excluding hydrogens is 298 g/mol. The molecule has 4 nitrogen and oxygen atoms in total. The molecule has 0 saturated carbocycles. The van der Waals surface area contributed by atoms with Gasteiger partial charge in [0.15, 0.2) is 0 Å². The van der Waals surface area contributed by atoms with Crippen LogP contribution in [0.1, 0.15) is 25.8 Å². The van der Waals surface area contributed by atoms with Crippen molar-refractivity contribution >= 4 is 11.3 Å². The van der Waals surface area contributed by atoms with Gasteiger partial charge in [-0.25, -0.2) is 4.99 Å². The van der Waals surface area contributed by atoms with E-state index >= 15 is 0 Å². The molecule has 1 unspecified atom stereocenters. The van der Waals surface area contributed by atoms with Gasteiger partial charge in [0.05, 0.1) is 11.1 Å². The fraction of sp³-hybridized carbons (Fsp3) is 0.450. The van der Waals surface area contributed by atoms with Crippen LogP contribution < -0.4 is 15.5 Å². The molecule has 0 fully saturated rings. The van der Waals surface area contributed by atoms with E-state index in [1.165, 1.54) is 22.0 Å². The molecule has 1 aromatic carbocycles. The number of hydrogen-bond acceptors (Lipinski definition) is 4. The Bertz CT molecular complexity index is 833. The van der Waals surface area contributed by atoms with Crippen molar-refractivity contribution in [3.8, 4) is 0 Å². The zero-order valence-electron chi connectivity index (χ0n) is 14.5. The second kappa shape index (κ2) is 6.19. The fourth-order valence-electron chi connectivity index (χ4n) is 4.06. The van der Waals surface area contributed by atoms with Crippen LogP contribution in [0, 0.1) is 0 Å². The van der Waals surface area contributed by atoms with E-state index in [-0.39, 0.29) is 0 Å². The molecule has 0 spiro atoms. The number of likely N-dealkylation sites (N-methyl/N-ethyl adjacent to an activating group) is 1. The third-order valence-corrected chi connectivity index (χ3v) is 5.42. The standard InChI is InChI=1S/C20H25N3O/c1-3-22(4-2)13-19(24)23-12-11-15-18(23)10-9-17-20(15)14-7-5-6-8-16(14)21-17/h5-6,8-10,19,24H,3-4,7,11-13H2,1-2H3. The Morgan fingerprint density at radius 3 is 2.92 bits per heavy atom. The summed E-state index contributed by atoms with van der Waals surface area (Å²) in [7, 11) is 0. The van der Waals surface area contributed by atoms with Gasteiger partial charge >= 0.3 is 0 Å². The summed E-state index contributed by atoms with van der Waals surface area (Å²) in [5.74, 6) is 0. The molecule has 2 aliphatic heterocycles. The van der Waals surface area contributed by atoms with Crippen molar-refractivity contribution in [1.29, 1.82) is 0 Å². The van der Waals surface area contributed by atoms with E-state index in [1.54, 1.807) is 0 Å².